The van der Waals surface area contributed by atoms with Crippen LogP contribution in [-0.4, -0.2) is 17.9 Å². The van der Waals surface area contributed by atoms with E-state index < -0.39 is 6.04 Å². The lowest BCUT2D eigenvalue weighted by Gasteiger charge is -2.20. The molecule has 0 radical (unpaired) electrons. The fraction of sp³-hybridized carbons (Fsp3) is 0.214. The van der Waals surface area contributed by atoms with Crippen LogP contribution in [0.5, 0.6) is 0 Å². The van der Waals surface area contributed by atoms with Gasteiger partial charge in [0.1, 0.15) is 6.04 Å². The second kappa shape index (κ2) is 5.80. The molecule has 94 valence electrons. The highest BCUT2D eigenvalue weighted by atomic mass is 32.1. The van der Waals surface area contributed by atoms with Gasteiger partial charge in [0.2, 0.25) is 5.91 Å². The van der Waals surface area contributed by atoms with E-state index in [1.165, 1.54) is 11.3 Å². The van der Waals surface area contributed by atoms with Gasteiger partial charge in [-0.3, -0.25) is 4.79 Å². The third-order valence-corrected chi connectivity index (χ3v) is 3.71. The topological polar surface area (TPSA) is 46.3 Å². The Balaban J connectivity index is 2.01. The van der Waals surface area contributed by atoms with Crippen LogP contribution in [-0.2, 0) is 11.3 Å². The van der Waals surface area contributed by atoms with E-state index in [2.05, 4.69) is 0 Å². The molecule has 4 heteroatoms. The number of nitrogens with zero attached hydrogens (tertiary/aromatic N) is 1. The normalized spacial score (nSPS) is 12.1. The standard InChI is InChI=1S/C14H16N2OS/c1-16(10-11-6-3-2-4-7-11)14(17)13(15)12-8-5-9-18-12/h2-9,13H,10,15H2,1H3. The summed E-state index contributed by atoms with van der Waals surface area (Å²) in [6, 6.07) is 13.1. The van der Waals surface area contributed by atoms with Crippen LogP contribution in [0.1, 0.15) is 16.5 Å². The fourth-order valence-corrected chi connectivity index (χ4v) is 2.48. The summed E-state index contributed by atoms with van der Waals surface area (Å²) in [5, 5.41) is 1.93. The zero-order valence-electron chi connectivity index (χ0n) is 10.2. The van der Waals surface area contributed by atoms with Gasteiger partial charge in [-0.15, -0.1) is 11.3 Å². The van der Waals surface area contributed by atoms with Crippen molar-refractivity contribution in [2.75, 3.05) is 7.05 Å². The summed E-state index contributed by atoms with van der Waals surface area (Å²) < 4.78 is 0. The van der Waals surface area contributed by atoms with Crippen LogP contribution in [0.25, 0.3) is 0 Å². The molecule has 0 aliphatic heterocycles. The van der Waals surface area contributed by atoms with E-state index in [-0.39, 0.29) is 5.91 Å². The first-order chi connectivity index (χ1) is 8.68. The van der Waals surface area contributed by atoms with Gasteiger partial charge in [-0.05, 0) is 17.0 Å². The predicted octanol–water partition coefficient (Wildman–Crippen LogP) is 2.41. The smallest absolute Gasteiger partial charge is 0.244 e. The number of benzene rings is 1. The van der Waals surface area contributed by atoms with Crippen LogP contribution < -0.4 is 5.73 Å². The maximum absolute atomic E-state index is 12.2. The van der Waals surface area contributed by atoms with Crippen molar-refractivity contribution in [2.24, 2.45) is 5.73 Å². The summed E-state index contributed by atoms with van der Waals surface area (Å²) >= 11 is 1.51. The maximum atomic E-state index is 12.2. The Labute approximate surface area is 111 Å². The van der Waals surface area contributed by atoms with E-state index >= 15 is 0 Å². The summed E-state index contributed by atoms with van der Waals surface area (Å²) in [6.45, 7) is 0.582. The number of nitrogens with two attached hydrogens (primary N) is 1. The minimum absolute atomic E-state index is 0.0543. The van der Waals surface area contributed by atoms with E-state index in [1.807, 2.05) is 47.8 Å². The number of hydrogen-bond donors (Lipinski definition) is 1. The van der Waals surface area contributed by atoms with Crippen LogP contribution in [0, 0.1) is 0 Å². The average Bonchev–Trinajstić information content (AvgIpc) is 2.92. The molecule has 1 aromatic heterocycles. The molecular weight excluding hydrogens is 244 g/mol. The molecule has 1 atom stereocenters. The summed E-state index contributed by atoms with van der Waals surface area (Å²) in [5.41, 5.74) is 7.06. The molecule has 1 heterocycles. The van der Waals surface area contributed by atoms with Crippen LogP contribution in [0.15, 0.2) is 47.8 Å². The van der Waals surface area contributed by atoms with E-state index in [1.54, 1.807) is 11.9 Å². The van der Waals surface area contributed by atoms with E-state index in [9.17, 15) is 4.79 Å². The SMILES string of the molecule is CN(Cc1ccccc1)C(=O)C(N)c1cccs1. The van der Waals surface area contributed by atoms with Crippen molar-refractivity contribution >= 4 is 17.2 Å². The highest BCUT2D eigenvalue weighted by Gasteiger charge is 2.20. The van der Waals surface area contributed by atoms with Crippen molar-refractivity contribution in [1.82, 2.24) is 4.90 Å². The Hall–Kier alpha value is -1.65. The van der Waals surface area contributed by atoms with Crippen molar-refractivity contribution in [2.45, 2.75) is 12.6 Å². The molecule has 0 bridgehead atoms. The molecule has 0 saturated heterocycles. The Morgan fingerprint density at radius 3 is 2.61 bits per heavy atom. The number of amides is 1. The lowest BCUT2D eigenvalue weighted by atomic mass is 10.2. The number of hydrogen-bond acceptors (Lipinski definition) is 3. The Morgan fingerprint density at radius 1 is 1.28 bits per heavy atom. The van der Waals surface area contributed by atoms with Crippen LogP contribution >= 0.6 is 11.3 Å². The van der Waals surface area contributed by atoms with E-state index in [0.717, 1.165) is 10.4 Å². The van der Waals surface area contributed by atoms with E-state index in [0.29, 0.717) is 6.54 Å². The van der Waals surface area contributed by atoms with Gasteiger partial charge in [0.15, 0.2) is 0 Å². The Kier molecular flexibility index (Phi) is 4.12. The van der Waals surface area contributed by atoms with Crippen molar-refractivity contribution in [3.8, 4) is 0 Å². The molecule has 1 unspecified atom stereocenters. The van der Waals surface area contributed by atoms with Gasteiger partial charge in [-0.1, -0.05) is 36.4 Å². The summed E-state index contributed by atoms with van der Waals surface area (Å²) in [5.74, 6) is -0.0543. The molecule has 0 saturated carbocycles. The first kappa shape index (κ1) is 12.8. The molecule has 1 amide bonds. The molecule has 0 spiro atoms. The third-order valence-electron chi connectivity index (χ3n) is 2.75. The molecule has 0 aliphatic carbocycles. The van der Waals surface area contributed by atoms with Gasteiger partial charge in [0.25, 0.3) is 0 Å². The predicted molar refractivity (Wildman–Crippen MR) is 74.2 cm³/mol. The third kappa shape index (κ3) is 2.97. The van der Waals surface area contributed by atoms with E-state index in [4.69, 9.17) is 5.73 Å². The molecule has 0 fully saturated rings. The molecule has 2 N–H and O–H groups in total. The van der Waals surface area contributed by atoms with Gasteiger partial charge in [0.05, 0.1) is 0 Å². The molecular formula is C14H16N2OS. The minimum Gasteiger partial charge on any atom is -0.340 e. The van der Waals surface area contributed by atoms with Crippen LogP contribution in [0.4, 0.5) is 0 Å². The lowest BCUT2D eigenvalue weighted by molar-refractivity contribution is -0.131. The number of likely N-dealkylation sites (N-methyl/N-ethyl adjacent to an activating group) is 1. The van der Waals surface area contributed by atoms with Crippen molar-refractivity contribution in [3.63, 3.8) is 0 Å². The largest absolute Gasteiger partial charge is 0.340 e. The molecule has 2 aromatic rings. The molecule has 18 heavy (non-hydrogen) atoms. The molecule has 1 aromatic carbocycles. The fourth-order valence-electron chi connectivity index (χ4n) is 1.76. The summed E-state index contributed by atoms with van der Waals surface area (Å²) in [4.78, 5) is 14.7. The average molecular weight is 260 g/mol. The zero-order valence-corrected chi connectivity index (χ0v) is 11.1. The number of carbonyl (C=O) groups is 1. The van der Waals surface area contributed by atoms with Gasteiger partial charge in [-0.2, -0.15) is 0 Å². The Bertz CT molecular complexity index is 496. The van der Waals surface area contributed by atoms with Gasteiger partial charge in [-0.25, -0.2) is 0 Å². The molecule has 2 rings (SSSR count). The lowest BCUT2D eigenvalue weighted by Crippen LogP contribution is -2.35. The first-order valence-electron chi connectivity index (χ1n) is 5.76. The maximum Gasteiger partial charge on any atom is 0.244 e. The number of rotatable bonds is 4. The highest BCUT2D eigenvalue weighted by molar-refractivity contribution is 7.10. The van der Waals surface area contributed by atoms with Crippen molar-refractivity contribution in [3.05, 3.63) is 58.3 Å². The number of carbonyl (C=O) groups excluding carboxylic acids is 1. The molecule has 3 nitrogen and oxygen atoms in total. The van der Waals surface area contributed by atoms with Gasteiger partial charge in [0, 0.05) is 18.5 Å². The minimum atomic E-state index is -0.557. The summed E-state index contributed by atoms with van der Waals surface area (Å²) in [6.07, 6.45) is 0. The second-order valence-electron chi connectivity index (χ2n) is 4.17. The van der Waals surface area contributed by atoms with Crippen LogP contribution in [0.3, 0.4) is 0 Å². The molecule has 0 aliphatic rings. The number of thiophene rings is 1. The highest BCUT2D eigenvalue weighted by Crippen LogP contribution is 2.19. The van der Waals surface area contributed by atoms with Gasteiger partial charge >= 0.3 is 0 Å². The summed E-state index contributed by atoms with van der Waals surface area (Å²) in [7, 11) is 1.78. The van der Waals surface area contributed by atoms with Crippen LogP contribution in [0.2, 0.25) is 0 Å². The van der Waals surface area contributed by atoms with Crippen molar-refractivity contribution in [1.29, 1.82) is 0 Å². The first-order valence-corrected chi connectivity index (χ1v) is 6.64. The Morgan fingerprint density at radius 2 is 2.00 bits per heavy atom. The zero-order chi connectivity index (χ0) is 13.0. The van der Waals surface area contributed by atoms with Crippen molar-refractivity contribution < 1.29 is 4.79 Å². The second-order valence-corrected chi connectivity index (χ2v) is 5.15. The quantitative estimate of drug-likeness (QED) is 0.917. The van der Waals surface area contributed by atoms with Gasteiger partial charge < -0.3 is 10.6 Å². The monoisotopic (exact) mass is 260 g/mol.